The predicted octanol–water partition coefficient (Wildman–Crippen LogP) is -1.10. The molecule has 1 aromatic heterocycles. The van der Waals surface area contributed by atoms with E-state index in [1.54, 1.807) is 0 Å². The summed E-state index contributed by atoms with van der Waals surface area (Å²) in [5.74, 6) is -0.484. The first-order valence-corrected chi connectivity index (χ1v) is 5.51. The number of nitrogens with zero attached hydrogens (tertiary/aromatic N) is 1. The predicted molar refractivity (Wildman–Crippen MR) is 62.6 cm³/mol. The monoisotopic (exact) mass is 257 g/mol. The van der Waals surface area contributed by atoms with E-state index in [9.17, 15) is 14.4 Å². The largest absolute Gasteiger partial charge is 0.383 e. The SMILES string of the molecule is CNC(=O)NC(=O)CSc1nc(N)cc(=O)[nH]1. The van der Waals surface area contributed by atoms with Gasteiger partial charge in [-0.25, -0.2) is 9.78 Å². The molecule has 1 aromatic rings. The Kier molecular flexibility index (Phi) is 4.52. The molecule has 0 aromatic carbocycles. The number of carbonyl (C=O) groups is 2. The van der Waals surface area contributed by atoms with Crippen molar-refractivity contribution in [2.24, 2.45) is 0 Å². The van der Waals surface area contributed by atoms with Gasteiger partial charge >= 0.3 is 6.03 Å². The number of H-pyrrole nitrogens is 1. The number of hydrogen-bond acceptors (Lipinski definition) is 6. The summed E-state index contributed by atoms with van der Waals surface area (Å²) >= 11 is 0.971. The number of amides is 3. The first kappa shape index (κ1) is 13.0. The Balaban J connectivity index is 2.53. The lowest BCUT2D eigenvalue weighted by Gasteiger charge is -2.02. The van der Waals surface area contributed by atoms with Gasteiger partial charge in [-0.1, -0.05) is 11.8 Å². The molecule has 0 saturated carbocycles. The lowest BCUT2D eigenvalue weighted by Crippen LogP contribution is -2.38. The maximum atomic E-state index is 11.2. The summed E-state index contributed by atoms with van der Waals surface area (Å²) in [5, 5.41) is 4.53. The van der Waals surface area contributed by atoms with Gasteiger partial charge in [0.25, 0.3) is 5.56 Å². The molecule has 0 unspecified atom stereocenters. The van der Waals surface area contributed by atoms with Gasteiger partial charge in [-0.15, -0.1) is 0 Å². The van der Waals surface area contributed by atoms with Gasteiger partial charge in [0, 0.05) is 13.1 Å². The second-order valence-corrected chi connectivity index (χ2v) is 3.86. The number of urea groups is 1. The number of imide groups is 1. The van der Waals surface area contributed by atoms with Crippen molar-refractivity contribution in [3.63, 3.8) is 0 Å². The molecule has 3 amide bonds. The molecule has 9 heteroatoms. The molecule has 0 fully saturated rings. The van der Waals surface area contributed by atoms with Crippen molar-refractivity contribution < 1.29 is 9.59 Å². The van der Waals surface area contributed by atoms with Crippen LogP contribution in [0.3, 0.4) is 0 Å². The normalized spacial score (nSPS) is 9.71. The molecular formula is C8H11N5O3S. The molecule has 0 bridgehead atoms. The summed E-state index contributed by atoms with van der Waals surface area (Å²) in [7, 11) is 1.40. The van der Waals surface area contributed by atoms with Gasteiger partial charge in [0.05, 0.1) is 5.75 Å². The van der Waals surface area contributed by atoms with Crippen LogP contribution in [0.1, 0.15) is 0 Å². The Hall–Kier alpha value is -2.03. The van der Waals surface area contributed by atoms with E-state index in [4.69, 9.17) is 5.73 Å². The van der Waals surface area contributed by atoms with Gasteiger partial charge in [-0.2, -0.15) is 0 Å². The number of carbonyl (C=O) groups excluding carboxylic acids is 2. The molecule has 0 aliphatic carbocycles. The molecule has 92 valence electrons. The van der Waals surface area contributed by atoms with Crippen LogP contribution in [-0.4, -0.2) is 34.7 Å². The molecule has 0 aliphatic rings. The third kappa shape index (κ3) is 4.55. The van der Waals surface area contributed by atoms with Crippen LogP contribution in [-0.2, 0) is 4.79 Å². The van der Waals surface area contributed by atoms with Crippen LogP contribution < -0.4 is 21.9 Å². The fourth-order valence-corrected chi connectivity index (χ4v) is 1.56. The number of aromatic nitrogens is 2. The maximum Gasteiger partial charge on any atom is 0.321 e. The number of aromatic amines is 1. The summed E-state index contributed by atoms with van der Waals surface area (Å²) in [4.78, 5) is 39.3. The minimum atomic E-state index is -0.593. The lowest BCUT2D eigenvalue weighted by atomic mass is 10.6. The van der Waals surface area contributed by atoms with Crippen LogP contribution in [0.2, 0.25) is 0 Å². The number of nitrogens with one attached hydrogen (secondary N) is 3. The molecule has 1 rings (SSSR count). The Labute approximate surface area is 100 Å². The van der Waals surface area contributed by atoms with Crippen molar-refractivity contribution in [2.45, 2.75) is 5.16 Å². The number of rotatable bonds is 3. The molecule has 0 atom stereocenters. The summed E-state index contributed by atoms with van der Waals surface area (Å²) in [6, 6.07) is 0.541. The van der Waals surface area contributed by atoms with E-state index >= 15 is 0 Å². The Morgan fingerprint density at radius 3 is 2.88 bits per heavy atom. The fraction of sp³-hybridized carbons (Fsp3) is 0.250. The van der Waals surface area contributed by atoms with Gasteiger partial charge in [0.1, 0.15) is 5.82 Å². The fourth-order valence-electron chi connectivity index (χ4n) is 0.881. The Bertz CT molecular complexity index is 486. The molecule has 17 heavy (non-hydrogen) atoms. The van der Waals surface area contributed by atoms with Crippen molar-refractivity contribution in [1.29, 1.82) is 0 Å². The smallest absolute Gasteiger partial charge is 0.321 e. The maximum absolute atomic E-state index is 11.2. The summed E-state index contributed by atoms with van der Waals surface area (Å²) in [6.45, 7) is 0. The van der Waals surface area contributed by atoms with Crippen LogP contribution in [0.4, 0.5) is 10.6 Å². The molecule has 5 N–H and O–H groups in total. The van der Waals surface area contributed by atoms with E-state index < -0.39 is 17.5 Å². The zero-order valence-corrected chi connectivity index (χ0v) is 9.76. The Morgan fingerprint density at radius 2 is 2.29 bits per heavy atom. The van der Waals surface area contributed by atoms with Crippen LogP contribution in [0.25, 0.3) is 0 Å². The number of hydrogen-bond donors (Lipinski definition) is 4. The van der Waals surface area contributed by atoms with Crippen molar-refractivity contribution in [3.05, 3.63) is 16.4 Å². The van der Waals surface area contributed by atoms with Crippen LogP contribution >= 0.6 is 11.8 Å². The van der Waals surface area contributed by atoms with E-state index in [2.05, 4.69) is 20.6 Å². The van der Waals surface area contributed by atoms with Gasteiger partial charge in [-0.3, -0.25) is 14.9 Å². The van der Waals surface area contributed by atoms with Crippen molar-refractivity contribution in [2.75, 3.05) is 18.5 Å². The first-order valence-electron chi connectivity index (χ1n) is 4.52. The highest BCUT2D eigenvalue weighted by Crippen LogP contribution is 2.10. The van der Waals surface area contributed by atoms with Crippen molar-refractivity contribution in [1.82, 2.24) is 20.6 Å². The lowest BCUT2D eigenvalue weighted by molar-refractivity contribution is -0.117. The Morgan fingerprint density at radius 1 is 1.59 bits per heavy atom. The standard InChI is InChI=1S/C8H11N5O3S/c1-10-7(16)12-6(15)3-17-8-11-4(9)2-5(14)13-8/h2H,3H2,1H3,(H3,9,11,13,14)(H2,10,12,15,16). The zero-order chi connectivity index (χ0) is 12.8. The van der Waals surface area contributed by atoms with E-state index in [1.165, 1.54) is 7.05 Å². The molecule has 0 spiro atoms. The quantitative estimate of drug-likeness (QED) is 0.401. The third-order valence-corrected chi connectivity index (χ3v) is 2.43. The van der Waals surface area contributed by atoms with Gasteiger partial charge in [-0.05, 0) is 0 Å². The highest BCUT2D eigenvalue weighted by atomic mass is 32.2. The van der Waals surface area contributed by atoms with E-state index in [0.29, 0.717) is 0 Å². The van der Waals surface area contributed by atoms with E-state index in [0.717, 1.165) is 17.8 Å². The average Bonchev–Trinajstić information content (AvgIpc) is 2.25. The average molecular weight is 257 g/mol. The minimum Gasteiger partial charge on any atom is -0.383 e. The number of nitrogens with two attached hydrogens (primary N) is 1. The molecule has 8 nitrogen and oxygen atoms in total. The van der Waals surface area contributed by atoms with Gasteiger partial charge in [0.15, 0.2) is 5.16 Å². The molecule has 0 saturated heterocycles. The third-order valence-electron chi connectivity index (χ3n) is 1.56. The molecule has 1 heterocycles. The zero-order valence-electron chi connectivity index (χ0n) is 8.94. The van der Waals surface area contributed by atoms with Gasteiger partial charge < -0.3 is 16.0 Å². The molecule has 0 radical (unpaired) electrons. The highest BCUT2D eigenvalue weighted by molar-refractivity contribution is 7.99. The first-order chi connectivity index (χ1) is 8.01. The number of nitrogen functional groups attached to an aromatic ring is 1. The van der Waals surface area contributed by atoms with Crippen LogP contribution in [0.15, 0.2) is 16.0 Å². The highest BCUT2D eigenvalue weighted by Gasteiger charge is 2.07. The van der Waals surface area contributed by atoms with E-state index in [1.807, 2.05) is 0 Å². The summed E-state index contributed by atoms with van der Waals surface area (Å²) in [6.07, 6.45) is 0. The molecular weight excluding hydrogens is 246 g/mol. The number of thioether (sulfide) groups is 1. The second-order valence-electron chi connectivity index (χ2n) is 2.89. The van der Waals surface area contributed by atoms with Crippen LogP contribution in [0, 0.1) is 0 Å². The van der Waals surface area contributed by atoms with Crippen molar-refractivity contribution in [3.8, 4) is 0 Å². The molecule has 0 aliphatic heterocycles. The van der Waals surface area contributed by atoms with Gasteiger partial charge in [0.2, 0.25) is 5.91 Å². The second kappa shape index (κ2) is 5.89. The summed E-state index contributed by atoms with van der Waals surface area (Å²) < 4.78 is 0. The number of anilines is 1. The summed E-state index contributed by atoms with van der Waals surface area (Å²) in [5.41, 5.74) is 4.96. The topological polar surface area (TPSA) is 130 Å². The van der Waals surface area contributed by atoms with Crippen molar-refractivity contribution >= 4 is 29.5 Å². The van der Waals surface area contributed by atoms with Crippen LogP contribution in [0.5, 0.6) is 0 Å². The van der Waals surface area contributed by atoms with E-state index in [-0.39, 0.29) is 16.7 Å². The minimum absolute atomic E-state index is 0.0557.